The molecule has 1 atom stereocenters. The highest BCUT2D eigenvalue weighted by Gasteiger charge is 2.36. The van der Waals surface area contributed by atoms with Crippen molar-refractivity contribution in [3.63, 3.8) is 0 Å². The van der Waals surface area contributed by atoms with Crippen molar-refractivity contribution in [3.8, 4) is 0 Å². The molecule has 0 radical (unpaired) electrons. The van der Waals surface area contributed by atoms with Crippen molar-refractivity contribution in [1.29, 1.82) is 0 Å². The fraction of sp³-hybridized carbons (Fsp3) is 0.350. The summed E-state index contributed by atoms with van der Waals surface area (Å²) >= 11 is 0. The van der Waals surface area contributed by atoms with Crippen molar-refractivity contribution < 1.29 is 18.3 Å². The van der Waals surface area contributed by atoms with Crippen LogP contribution in [0.15, 0.2) is 41.5 Å². The van der Waals surface area contributed by atoms with Crippen LogP contribution >= 0.6 is 0 Å². The molecule has 1 unspecified atom stereocenters. The Morgan fingerprint density at radius 1 is 1.21 bits per heavy atom. The molecule has 1 aliphatic rings. The predicted molar refractivity (Wildman–Crippen MR) is 102 cm³/mol. The van der Waals surface area contributed by atoms with Gasteiger partial charge in [-0.05, 0) is 51.1 Å². The van der Waals surface area contributed by atoms with E-state index in [1.54, 1.807) is 20.8 Å². The number of hydrogen-bond donors (Lipinski definition) is 2. The Labute approximate surface area is 161 Å². The van der Waals surface area contributed by atoms with Gasteiger partial charge in [0.15, 0.2) is 0 Å². The monoisotopic (exact) mass is 388 g/mol. The van der Waals surface area contributed by atoms with Gasteiger partial charge in [0, 0.05) is 17.7 Å². The summed E-state index contributed by atoms with van der Waals surface area (Å²) in [7, 11) is 0. The van der Waals surface area contributed by atoms with Crippen molar-refractivity contribution in [1.82, 2.24) is 4.98 Å². The van der Waals surface area contributed by atoms with Gasteiger partial charge in [0.2, 0.25) is 0 Å². The Kier molecular flexibility index (Phi) is 5.16. The summed E-state index contributed by atoms with van der Waals surface area (Å²) in [4.78, 5) is 20.6. The first-order chi connectivity index (χ1) is 13.1. The van der Waals surface area contributed by atoms with Crippen LogP contribution in [0.1, 0.15) is 43.2 Å². The van der Waals surface area contributed by atoms with Gasteiger partial charge in [-0.25, -0.2) is 13.8 Å². The number of nitrogens with one attached hydrogen (secondary N) is 1. The SMILES string of the molecule is CC1(C)OCCC(C)(c2cc(NC(=O)c3ccc(F)cn3)ccc2F)N=C1N. The first kappa shape index (κ1) is 19.9. The molecule has 2 aromatic rings. The number of carbonyl (C=O) groups excluding carboxylic acids is 1. The molecule has 0 saturated carbocycles. The molecular formula is C20H22F2N4O2. The first-order valence-corrected chi connectivity index (χ1v) is 8.83. The lowest BCUT2D eigenvalue weighted by Gasteiger charge is -2.26. The van der Waals surface area contributed by atoms with Gasteiger partial charge in [0.05, 0.1) is 18.3 Å². The van der Waals surface area contributed by atoms with E-state index < -0.39 is 28.7 Å². The van der Waals surface area contributed by atoms with Crippen molar-refractivity contribution in [2.75, 3.05) is 11.9 Å². The lowest BCUT2D eigenvalue weighted by Crippen LogP contribution is -2.40. The molecule has 1 aromatic carbocycles. The van der Waals surface area contributed by atoms with E-state index in [1.165, 1.54) is 24.3 Å². The summed E-state index contributed by atoms with van der Waals surface area (Å²) in [6.45, 7) is 5.74. The van der Waals surface area contributed by atoms with E-state index in [-0.39, 0.29) is 11.5 Å². The smallest absolute Gasteiger partial charge is 0.274 e. The molecule has 1 aromatic heterocycles. The number of benzene rings is 1. The zero-order chi connectivity index (χ0) is 20.5. The second kappa shape index (κ2) is 7.27. The van der Waals surface area contributed by atoms with Crippen LogP contribution in [0.4, 0.5) is 14.5 Å². The quantitative estimate of drug-likeness (QED) is 0.844. The number of nitrogens with zero attached hydrogens (tertiary/aromatic N) is 2. The predicted octanol–water partition coefficient (Wildman–Crippen LogP) is 3.38. The Morgan fingerprint density at radius 2 is 1.96 bits per heavy atom. The number of carbonyl (C=O) groups is 1. The third-order valence-corrected chi connectivity index (χ3v) is 4.80. The first-order valence-electron chi connectivity index (χ1n) is 8.83. The lowest BCUT2D eigenvalue weighted by atomic mass is 9.88. The fourth-order valence-corrected chi connectivity index (χ4v) is 2.95. The number of halogens is 2. The molecule has 0 bridgehead atoms. The number of hydrogen-bond acceptors (Lipinski definition) is 5. The number of aliphatic imine (C=N–C) groups is 1. The summed E-state index contributed by atoms with van der Waals surface area (Å²) in [6, 6.07) is 6.63. The minimum atomic E-state index is -0.948. The largest absolute Gasteiger partial charge is 0.385 e. The number of rotatable bonds is 3. The van der Waals surface area contributed by atoms with E-state index >= 15 is 0 Å². The molecule has 3 N–H and O–H groups in total. The van der Waals surface area contributed by atoms with Crippen LogP contribution < -0.4 is 11.1 Å². The van der Waals surface area contributed by atoms with Crippen LogP contribution in [0.3, 0.4) is 0 Å². The fourth-order valence-electron chi connectivity index (χ4n) is 2.95. The maximum absolute atomic E-state index is 14.6. The van der Waals surface area contributed by atoms with E-state index in [9.17, 15) is 13.6 Å². The summed E-state index contributed by atoms with van der Waals surface area (Å²) < 4.78 is 33.3. The van der Waals surface area contributed by atoms with Crippen molar-refractivity contribution in [3.05, 3.63) is 59.4 Å². The number of ether oxygens (including phenoxy) is 1. The maximum atomic E-state index is 14.6. The van der Waals surface area contributed by atoms with E-state index in [4.69, 9.17) is 10.5 Å². The van der Waals surface area contributed by atoms with Gasteiger partial charge in [0.25, 0.3) is 5.91 Å². The van der Waals surface area contributed by atoms with Crippen molar-refractivity contribution in [2.45, 2.75) is 38.3 Å². The standard InChI is InChI=1S/C20H22F2N4O2/c1-19(2)18(23)26-20(3,8-9-28-19)14-10-13(5-6-15(14)22)25-17(27)16-7-4-12(21)11-24-16/h4-7,10-11H,8-9H2,1-3H3,(H2,23,26)(H,25,27). The van der Waals surface area contributed by atoms with E-state index in [1.807, 2.05) is 0 Å². The van der Waals surface area contributed by atoms with E-state index in [2.05, 4.69) is 15.3 Å². The number of aromatic nitrogens is 1. The molecule has 0 aliphatic carbocycles. The third-order valence-electron chi connectivity index (χ3n) is 4.80. The number of nitrogens with two attached hydrogens (primary N) is 1. The zero-order valence-corrected chi connectivity index (χ0v) is 15.9. The Hall–Kier alpha value is -2.87. The molecule has 2 heterocycles. The van der Waals surface area contributed by atoms with Gasteiger partial charge in [-0.1, -0.05) is 0 Å². The van der Waals surface area contributed by atoms with Gasteiger partial charge in [0.1, 0.15) is 28.8 Å². The Morgan fingerprint density at radius 3 is 2.64 bits per heavy atom. The van der Waals surface area contributed by atoms with Crippen LogP contribution in [0.2, 0.25) is 0 Å². The molecule has 6 nitrogen and oxygen atoms in total. The van der Waals surface area contributed by atoms with E-state index in [0.29, 0.717) is 24.3 Å². The molecule has 8 heteroatoms. The minimum Gasteiger partial charge on any atom is -0.385 e. The summed E-state index contributed by atoms with van der Waals surface area (Å²) in [5, 5.41) is 2.64. The highest BCUT2D eigenvalue weighted by atomic mass is 19.1. The summed E-state index contributed by atoms with van der Waals surface area (Å²) in [5.41, 5.74) is 5.09. The minimum absolute atomic E-state index is 0.0466. The topological polar surface area (TPSA) is 89.6 Å². The second-order valence-corrected chi connectivity index (χ2v) is 7.39. The summed E-state index contributed by atoms with van der Waals surface area (Å²) in [5.74, 6) is -1.26. The number of amides is 1. The average molecular weight is 388 g/mol. The number of anilines is 1. The molecule has 1 amide bonds. The van der Waals surface area contributed by atoms with E-state index in [0.717, 1.165) is 12.3 Å². The van der Waals surface area contributed by atoms with Crippen LogP contribution in [0.25, 0.3) is 0 Å². The summed E-state index contributed by atoms with van der Waals surface area (Å²) in [6.07, 6.45) is 1.38. The van der Waals surface area contributed by atoms with Gasteiger partial charge >= 0.3 is 0 Å². The Bertz CT molecular complexity index is 928. The molecule has 0 fully saturated rings. The molecule has 0 saturated heterocycles. The van der Waals surface area contributed by atoms with Gasteiger partial charge in [-0.3, -0.25) is 9.79 Å². The highest BCUT2D eigenvalue weighted by molar-refractivity contribution is 6.02. The van der Waals surface area contributed by atoms with Crippen LogP contribution in [0.5, 0.6) is 0 Å². The van der Waals surface area contributed by atoms with Crippen molar-refractivity contribution in [2.24, 2.45) is 10.7 Å². The molecular weight excluding hydrogens is 366 g/mol. The molecule has 148 valence electrons. The molecule has 0 spiro atoms. The normalized spacial score (nSPS) is 21.5. The van der Waals surface area contributed by atoms with Gasteiger partial charge < -0.3 is 15.8 Å². The van der Waals surface area contributed by atoms with Crippen LogP contribution in [-0.4, -0.2) is 28.9 Å². The van der Waals surface area contributed by atoms with Gasteiger partial charge in [-0.15, -0.1) is 0 Å². The molecule has 1 aliphatic heterocycles. The van der Waals surface area contributed by atoms with Gasteiger partial charge in [-0.2, -0.15) is 0 Å². The van der Waals surface area contributed by atoms with Crippen LogP contribution in [0, 0.1) is 11.6 Å². The maximum Gasteiger partial charge on any atom is 0.274 e. The number of amidine groups is 1. The zero-order valence-electron chi connectivity index (χ0n) is 15.9. The molecule has 3 rings (SSSR count). The van der Waals surface area contributed by atoms with Crippen LogP contribution in [-0.2, 0) is 10.3 Å². The Balaban J connectivity index is 1.92. The second-order valence-electron chi connectivity index (χ2n) is 7.39. The average Bonchev–Trinajstić information content (AvgIpc) is 2.73. The van der Waals surface area contributed by atoms with Crippen molar-refractivity contribution >= 4 is 17.4 Å². The third kappa shape index (κ3) is 4.01. The molecule has 28 heavy (non-hydrogen) atoms. The highest BCUT2D eigenvalue weighted by Crippen LogP contribution is 2.36. The lowest BCUT2D eigenvalue weighted by molar-refractivity contribution is 0.0319. The number of pyridine rings is 1.